The Bertz CT molecular complexity index is 670. The van der Waals surface area contributed by atoms with Crippen molar-refractivity contribution in [2.24, 2.45) is 0 Å². The molecule has 0 fully saturated rings. The van der Waals surface area contributed by atoms with E-state index in [1.54, 1.807) is 4.90 Å². The molecule has 2 rings (SSSR count). The number of rotatable bonds is 5. The van der Waals surface area contributed by atoms with Crippen molar-refractivity contribution in [3.05, 3.63) is 48.0 Å². The van der Waals surface area contributed by atoms with E-state index in [-0.39, 0.29) is 11.9 Å². The normalized spacial score (nSPS) is 10.6. The highest BCUT2D eigenvalue weighted by molar-refractivity contribution is 5.85. The fourth-order valence-corrected chi connectivity index (χ4v) is 2.47. The number of amides is 1. The summed E-state index contributed by atoms with van der Waals surface area (Å²) in [5.74, 6) is 0.0792. The molecule has 2 aromatic rings. The molecule has 2 aromatic carbocycles. The van der Waals surface area contributed by atoms with E-state index in [1.165, 1.54) is 5.39 Å². The smallest absolute Gasteiger partial charge is 0.227 e. The first-order chi connectivity index (χ1) is 10.1. The SMILES string of the molecule is CC(C)N(CCC#N)C(=O)Cc1ccc2ccccc2c1. The Kier molecular flexibility index (Phi) is 4.94. The van der Waals surface area contributed by atoms with Crippen LogP contribution in [0.25, 0.3) is 10.8 Å². The van der Waals surface area contributed by atoms with Crippen LogP contribution in [-0.4, -0.2) is 23.4 Å². The molecule has 0 aromatic heterocycles. The first-order valence-electron chi connectivity index (χ1n) is 7.26. The van der Waals surface area contributed by atoms with Crippen LogP contribution in [0.15, 0.2) is 42.5 Å². The third-order valence-electron chi connectivity index (χ3n) is 3.58. The van der Waals surface area contributed by atoms with Crippen LogP contribution in [0.1, 0.15) is 25.8 Å². The Labute approximate surface area is 125 Å². The van der Waals surface area contributed by atoms with E-state index in [1.807, 2.05) is 38.1 Å². The lowest BCUT2D eigenvalue weighted by Gasteiger charge is -2.26. The number of carbonyl (C=O) groups excluding carboxylic acids is 1. The zero-order chi connectivity index (χ0) is 15.2. The van der Waals surface area contributed by atoms with Crippen LogP contribution >= 0.6 is 0 Å². The van der Waals surface area contributed by atoms with E-state index < -0.39 is 0 Å². The van der Waals surface area contributed by atoms with Gasteiger partial charge >= 0.3 is 0 Å². The third-order valence-corrected chi connectivity index (χ3v) is 3.58. The molecule has 0 bridgehead atoms. The first-order valence-corrected chi connectivity index (χ1v) is 7.26. The minimum absolute atomic E-state index is 0.0792. The predicted octanol–water partition coefficient (Wildman–Crippen LogP) is 3.53. The average Bonchev–Trinajstić information content (AvgIpc) is 2.47. The van der Waals surface area contributed by atoms with Gasteiger partial charge in [-0.1, -0.05) is 42.5 Å². The molecule has 3 heteroatoms. The summed E-state index contributed by atoms with van der Waals surface area (Å²) >= 11 is 0. The van der Waals surface area contributed by atoms with Gasteiger partial charge in [-0.3, -0.25) is 4.79 Å². The summed E-state index contributed by atoms with van der Waals surface area (Å²) in [6.45, 7) is 4.46. The second-order valence-electron chi connectivity index (χ2n) is 5.45. The van der Waals surface area contributed by atoms with Gasteiger partial charge in [0.15, 0.2) is 0 Å². The van der Waals surface area contributed by atoms with Gasteiger partial charge in [-0.2, -0.15) is 5.26 Å². The number of carbonyl (C=O) groups is 1. The molecule has 0 heterocycles. The average molecular weight is 280 g/mol. The van der Waals surface area contributed by atoms with Crippen LogP contribution in [0.5, 0.6) is 0 Å². The zero-order valence-corrected chi connectivity index (χ0v) is 12.5. The predicted molar refractivity (Wildman–Crippen MR) is 84.7 cm³/mol. The monoisotopic (exact) mass is 280 g/mol. The molecule has 0 aliphatic rings. The quantitative estimate of drug-likeness (QED) is 0.841. The van der Waals surface area contributed by atoms with Crippen LogP contribution in [0.3, 0.4) is 0 Å². The van der Waals surface area contributed by atoms with Crippen molar-refractivity contribution in [3.8, 4) is 6.07 Å². The molecule has 0 unspecified atom stereocenters. The van der Waals surface area contributed by atoms with Gasteiger partial charge in [0.05, 0.1) is 18.9 Å². The maximum absolute atomic E-state index is 12.4. The second-order valence-corrected chi connectivity index (χ2v) is 5.45. The molecule has 0 aliphatic heterocycles. The van der Waals surface area contributed by atoms with Crippen LogP contribution in [0.4, 0.5) is 0 Å². The number of nitriles is 1. The molecule has 0 aliphatic carbocycles. The molecule has 0 atom stereocenters. The number of hydrogen-bond acceptors (Lipinski definition) is 2. The Balaban J connectivity index is 2.14. The lowest BCUT2D eigenvalue weighted by Crippen LogP contribution is -2.38. The fourth-order valence-electron chi connectivity index (χ4n) is 2.47. The maximum atomic E-state index is 12.4. The first kappa shape index (κ1) is 15.1. The zero-order valence-electron chi connectivity index (χ0n) is 12.5. The second kappa shape index (κ2) is 6.90. The van der Waals surface area contributed by atoms with Gasteiger partial charge in [0.2, 0.25) is 5.91 Å². The van der Waals surface area contributed by atoms with E-state index in [4.69, 9.17) is 5.26 Å². The summed E-state index contributed by atoms with van der Waals surface area (Å²) in [5.41, 5.74) is 1.02. The minimum Gasteiger partial charge on any atom is -0.339 e. The highest BCUT2D eigenvalue weighted by Gasteiger charge is 2.16. The van der Waals surface area contributed by atoms with Gasteiger partial charge in [0.1, 0.15) is 0 Å². The van der Waals surface area contributed by atoms with E-state index in [2.05, 4.69) is 24.3 Å². The van der Waals surface area contributed by atoms with E-state index in [0.717, 1.165) is 10.9 Å². The van der Waals surface area contributed by atoms with Gasteiger partial charge < -0.3 is 4.90 Å². The standard InChI is InChI=1S/C18H20N2O/c1-14(2)20(11-5-10-19)18(21)13-15-8-9-16-6-3-4-7-17(16)12-15/h3-4,6-9,12,14H,5,11,13H2,1-2H3. The summed E-state index contributed by atoms with van der Waals surface area (Å²) in [6, 6.07) is 16.5. The van der Waals surface area contributed by atoms with Crippen LogP contribution in [-0.2, 0) is 11.2 Å². The fraction of sp³-hybridized carbons (Fsp3) is 0.333. The van der Waals surface area contributed by atoms with E-state index >= 15 is 0 Å². The van der Waals surface area contributed by atoms with Crippen LogP contribution in [0.2, 0.25) is 0 Å². The number of hydrogen-bond donors (Lipinski definition) is 0. The van der Waals surface area contributed by atoms with Crippen molar-refractivity contribution in [1.82, 2.24) is 4.90 Å². The van der Waals surface area contributed by atoms with Crippen LogP contribution < -0.4 is 0 Å². The molecular weight excluding hydrogens is 260 g/mol. The van der Waals surface area contributed by atoms with Crippen molar-refractivity contribution >= 4 is 16.7 Å². The van der Waals surface area contributed by atoms with Gasteiger partial charge in [-0.15, -0.1) is 0 Å². The van der Waals surface area contributed by atoms with Crippen molar-refractivity contribution in [1.29, 1.82) is 5.26 Å². The topological polar surface area (TPSA) is 44.1 Å². The molecule has 0 saturated carbocycles. The molecule has 0 spiro atoms. The van der Waals surface area contributed by atoms with Gasteiger partial charge in [0.25, 0.3) is 0 Å². The van der Waals surface area contributed by atoms with Crippen molar-refractivity contribution in [3.63, 3.8) is 0 Å². The number of fused-ring (bicyclic) bond motifs is 1. The summed E-state index contributed by atoms with van der Waals surface area (Å²) in [5, 5.41) is 11.0. The number of nitrogens with zero attached hydrogens (tertiary/aromatic N) is 2. The van der Waals surface area contributed by atoms with E-state index in [9.17, 15) is 4.79 Å². The summed E-state index contributed by atoms with van der Waals surface area (Å²) in [7, 11) is 0. The summed E-state index contributed by atoms with van der Waals surface area (Å²) in [4.78, 5) is 14.2. The summed E-state index contributed by atoms with van der Waals surface area (Å²) in [6.07, 6.45) is 0.760. The highest BCUT2D eigenvalue weighted by atomic mass is 16.2. The molecule has 1 amide bonds. The number of benzene rings is 2. The van der Waals surface area contributed by atoms with Crippen molar-refractivity contribution < 1.29 is 4.79 Å². The lowest BCUT2D eigenvalue weighted by molar-refractivity contribution is -0.132. The molecule has 3 nitrogen and oxygen atoms in total. The molecule has 0 radical (unpaired) electrons. The Morgan fingerprint density at radius 2 is 1.90 bits per heavy atom. The Hall–Kier alpha value is -2.34. The third kappa shape index (κ3) is 3.82. The van der Waals surface area contributed by atoms with Gasteiger partial charge in [-0.25, -0.2) is 0 Å². The van der Waals surface area contributed by atoms with Crippen molar-refractivity contribution in [2.45, 2.75) is 32.7 Å². The van der Waals surface area contributed by atoms with E-state index in [0.29, 0.717) is 19.4 Å². The Morgan fingerprint density at radius 1 is 1.19 bits per heavy atom. The molecule has 108 valence electrons. The lowest BCUT2D eigenvalue weighted by atomic mass is 10.0. The molecule has 0 saturated heterocycles. The molecule has 21 heavy (non-hydrogen) atoms. The van der Waals surface area contributed by atoms with Gasteiger partial charge in [0, 0.05) is 12.6 Å². The molecule has 0 N–H and O–H groups in total. The largest absolute Gasteiger partial charge is 0.339 e. The minimum atomic E-state index is 0.0792. The van der Waals surface area contributed by atoms with Crippen molar-refractivity contribution in [2.75, 3.05) is 6.54 Å². The summed E-state index contributed by atoms with van der Waals surface area (Å²) < 4.78 is 0. The molecular formula is C18H20N2O. The maximum Gasteiger partial charge on any atom is 0.227 e. The highest BCUT2D eigenvalue weighted by Crippen LogP contribution is 2.17. The van der Waals surface area contributed by atoms with Gasteiger partial charge in [-0.05, 0) is 30.2 Å². The Morgan fingerprint density at radius 3 is 2.57 bits per heavy atom. The van der Waals surface area contributed by atoms with Crippen LogP contribution in [0, 0.1) is 11.3 Å².